The number of nitrogens with one attached hydrogen (secondary N) is 1. The molecule has 0 spiro atoms. The Balaban J connectivity index is 1.53. The van der Waals surface area contributed by atoms with Gasteiger partial charge >= 0.3 is 0 Å². The topological polar surface area (TPSA) is 72.7 Å². The van der Waals surface area contributed by atoms with Crippen LogP contribution in [-0.4, -0.2) is 38.5 Å². The highest BCUT2D eigenvalue weighted by Crippen LogP contribution is 2.24. The van der Waals surface area contributed by atoms with Crippen molar-refractivity contribution < 1.29 is 9.18 Å². The minimum atomic E-state index is -0.260. The molecule has 32 heavy (non-hydrogen) atoms. The normalized spacial score (nSPS) is 11.2. The van der Waals surface area contributed by atoms with Crippen LogP contribution in [0.3, 0.4) is 0 Å². The first-order chi connectivity index (χ1) is 15.5. The molecular weight excluding hydrogens is 445 g/mol. The monoisotopic (exact) mass is 473 g/mol. The van der Waals surface area contributed by atoms with Crippen LogP contribution in [0.15, 0.2) is 52.8 Å². The highest BCUT2D eigenvalue weighted by Gasteiger charge is 2.14. The van der Waals surface area contributed by atoms with Crippen molar-refractivity contribution in [3.05, 3.63) is 65.4 Å². The Labute approximate surface area is 196 Å². The zero-order valence-electron chi connectivity index (χ0n) is 18.5. The summed E-state index contributed by atoms with van der Waals surface area (Å²) in [7, 11) is 0. The first-order valence-electron chi connectivity index (χ1n) is 10.5. The van der Waals surface area contributed by atoms with E-state index in [1.807, 2.05) is 6.26 Å². The minimum absolute atomic E-state index is 0.145. The zero-order chi connectivity index (χ0) is 22.9. The lowest BCUT2D eigenvalue weighted by Gasteiger charge is -2.12. The molecule has 3 aromatic rings. The number of carbonyl (C=O) groups excluding carboxylic acids is 1. The Hall–Kier alpha value is -2.39. The van der Waals surface area contributed by atoms with Gasteiger partial charge in [0.1, 0.15) is 16.7 Å². The second kappa shape index (κ2) is 12.0. The van der Waals surface area contributed by atoms with E-state index in [2.05, 4.69) is 38.9 Å². The Morgan fingerprint density at radius 3 is 2.69 bits per heavy atom. The van der Waals surface area contributed by atoms with E-state index >= 15 is 0 Å². The summed E-state index contributed by atoms with van der Waals surface area (Å²) in [5.41, 5.74) is 1.52. The van der Waals surface area contributed by atoms with Gasteiger partial charge in [0.15, 0.2) is 5.16 Å². The van der Waals surface area contributed by atoms with Crippen LogP contribution in [0, 0.1) is 11.7 Å². The smallest absolute Gasteiger partial charge is 0.254 e. The van der Waals surface area contributed by atoms with E-state index in [4.69, 9.17) is 0 Å². The molecule has 3 rings (SSSR count). The number of thioether (sulfide) groups is 2. The second-order valence-electron chi connectivity index (χ2n) is 7.74. The molecule has 0 saturated carbocycles. The number of aromatic nitrogens is 4. The van der Waals surface area contributed by atoms with E-state index in [0.717, 1.165) is 35.9 Å². The summed E-state index contributed by atoms with van der Waals surface area (Å²) in [4.78, 5) is 17.1. The van der Waals surface area contributed by atoms with Gasteiger partial charge in [-0.3, -0.25) is 4.79 Å². The first kappa shape index (κ1) is 24.3. The predicted molar refractivity (Wildman–Crippen MR) is 127 cm³/mol. The fourth-order valence-electron chi connectivity index (χ4n) is 3.16. The average Bonchev–Trinajstić information content (AvgIpc) is 3.17. The highest BCUT2D eigenvalue weighted by atomic mass is 32.2. The van der Waals surface area contributed by atoms with Gasteiger partial charge in [-0.05, 0) is 48.4 Å². The van der Waals surface area contributed by atoms with Crippen LogP contribution in [0.25, 0.3) is 0 Å². The number of hydrogen-bond acceptors (Lipinski definition) is 6. The third kappa shape index (κ3) is 6.80. The molecule has 0 aliphatic rings. The van der Waals surface area contributed by atoms with Crippen LogP contribution in [0.1, 0.15) is 42.0 Å². The van der Waals surface area contributed by atoms with Crippen LogP contribution >= 0.6 is 23.5 Å². The molecule has 9 heteroatoms. The van der Waals surface area contributed by atoms with E-state index in [9.17, 15) is 9.18 Å². The maximum absolute atomic E-state index is 13.1. The van der Waals surface area contributed by atoms with Crippen LogP contribution in [0.2, 0.25) is 0 Å². The molecule has 1 amide bonds. The summed E-state index contributed by atoms with van der Waals surface area (Å²) >= 11 is 3.06. The largest absolute Gasteiger partial charge is 0.352 e. The lowest BCUT2D eigenvalue weighted by atomic mass is 10.2. The molecule has 0 unspecified atom stereocenters. The number of nitrogens with zero attached hydrogens (tertiary/aromatic N) is 4. The van der Waals surface area contributed by atoms with Crippen molar-refractivity contribution in [1.29, 1.82) is 0 Å². The SMILES string of the molecule is CSc1nnc(CCCNC(=O)c2cccnc2SCc2ccc(F)cc2)n1CC(C)C. The summed E-state index contributed by atoms with van der Waals surface area (Å²) in [6, 6.07) is 9.89. The van der Waals surface area contributed by atoms with Crippen molar-refractivity contribution in [2.45, 2.75) is 49.2 Å². The number of hydrogen-bond donors (Lipinski definition) is 1. The number of rotatable bonds is 11. The summed E-state index contributed by atoms with van der Waals surface area (Å²) < 4.78 is 15.3. The number of amides is 1. The summed E-state index contributed by atoms with van der Waals surface area (Å²) in [6.45, 7) is 5.77. The quantitative estimate of drug-likeness (QED) is 0.317. The number of aryl methyl sites for hydroxylation is 1. The van der Waals surface area contributed by atoms with Gasteiger partial charge in [0.05, 0.1) is 5.56 Å². The Kier molecular flexibility index (Phi) is 9.11. The van der Waals surface area contributed by atoms with E-state index < -0.39 is 0 Å². The molecule has 0 atom stereocenters. The third-order valence-corrected chi connectivity index (χ3v) is 6.43. The van der Waals surface area contributed by atoms with Crippen molar-refractivity contribution in [1.82, 2.24) is 25.1 Å². The van der Waals surface area contributed by atoms with E-state index in [0.29, 0.717) is 28.8 Å². The molecule has 1 aromatic carbocycles. The second-order valence-corrected chi connectivity index (χ2v) is 9.48. The molecule has 2 heterocycles. The molecular formula is C23H28FN5OS2. The number of halogens is 1. The fourth-order valence-corrected chi connectivity index (χ4v) is 4.63. The molecule has 0 aliphatic heterocycles. The Bertz CT molecular complexity index is 1020. The average molecular weight is 474 g/mol. The highest BCUT2D eigenvalue weighted by molar-refractivity contribution is 7.98. The van der Waals surface area contributed by atoms with Crippen LogP contribution in [0.4, 0.5) is 4.39 Å². The molecule has 170 valence electrons. The molecule has 0 bridgehead atoms. The van der Waals surface area contributed by atoms with Crippen molar-refractivity contribution in [2.24, 2.45) is 5.92 Å². The molecule has 0 radical (unpaired) electrons. The molecule has 1 N–H and O–H groups in total. The Morgan fingerprint density at radius 2 is 1.97 bits per heavy atom. The standard InChI is InChI=1S/C23H28FN5OS2/c1-16(2)14-29-20(27-28-23(29)31-3)7-5-12-25-21(30)19-6-4-13-26-22(19)32-15-17-8-10-18(24)11-9-17/h4,6,8-11,13,16H,5,7,12,14-15H2,1-3H3,(H,25,30). The van der Waals surface area contributed by atoms with Crippen molar-refractivity contribution >= 4 is 29.4 Å². The number of benzene rings is 1. The van der Waals surface area contributed by atoms with Gasteiger partial charge in [0.2, 0.25) is 0 Å². The lowest BCUT2D eigenvalue weighted by molar-refractivity contribution is 0.0949. The van der Waals surface area contributed by atoms with Crippen molar-refractivity contribution in [2.75, 3.05) is 12.8 Å². The summed E-state index contributed by atoms with van der Waals surface area (Å²) in [6.07, 6.45) is 5.20. The van der Waals surface area contributed by atoms with Gasteiger partial charge in [-0.25, -0.2) is 9.37 Å². The van der Waals surface area contributed by atoms with Crippen LogP contribution < -0.4 is 5.32 Å². The van der Waals surface area contributed by atoms with Gasteiger partial charge in [-0.2, -0.15) is 0 Å². The summed E-state index contributed by atoms with van der Waals surface area (Å²) in [5.74, 6) is 1.67. The van der Waals surface area contributed by atoms with Crippen molar-refractivity contribution in [3.8, 4) is 0 Å². The van der Waals surface area contributed by atoms with E-state index in [1.165, 1.54) is 23.9 Å². The molecule has 0 aliphatic carbocycles. The summed E-state index contributed by atoms with van der Waals surface area (Å²) in [5, 5.41) is 13.2. The third-order valence-electron chi connectivity index (χ3n) is 4.69. The van der Waals surface area contributed by atoms with E-state index in [-0.39, 0.29) is 11.7 Å². The van der Waals surface area contributed by atoms with Crippen molar-refractivity contribution in [3.63, 3.8) is 0 Å². The molecule has 0 saturated heterocycles. The minimum Gasteiger partial charge on any atom is -0.352 e. The predicted octanol–water partition coefficient (Wildman–Crippen LogP) is 4.85. The first-order valence-corrected chi connectivity index (χ1v) is 12.8. The van der Waals surface area contributed by atoms with Gasteiger partial charge in [-0.1, -0.05) is 37.7 Å². The zero-order valence-corrected chi connectivity index (χ0v) is 20.2. The maximum atomic E-state index is 13.1. The van der Waals surface area contributed by atoms with Gasteiger partial charge in [0.25, 0.3) is 5.91 Å². The van der Waals surface area contributed by atoms with Crippen LogP contribution in [0.5, 0.6) is 0 Å². The molecule has 2 aromatic heterocycles. The van der Waals surface area contributed by atoms with Crippen LogP contribution in [-0.2, 0) is 18.7 Å². The fraction of sp³-hybridized carbons (Fsp3) is 0.391. The van der Waals surface area contributed by atoms with E-state index in [1.54, 1.807) is 42.2 Å². The van der Waals surface area contributed by atoms with Gasteiger partial charge < -0.3 is 9.88 Å². The van der Waals surface area contributed by atoms with Gasteiger partial charge in [0, 0.05) is 31.5 Å². The molecule has 0 fully saturated rings. The van der Waals surface area contributed by atoms with Gasteiger partial charge in [-0.15, -0.1) is 22.0 Å². The number of pyridine rings is 1. The Morgan fingerprint density at radius 1 is 1.19 bits per heavy atom. The lowest BCUT2D eigenvalue weighted by Crippen LogP contribution is -2.26. The number of carbonyl (C=O) groups is 1. The maximum Gasteiger partial charge on any atom is 0.254 e. The molecule has 6 nitrogen and oxygen atoms in total.